The number of carbonyl (C=O) groups is 1. The molecule has 6 heteroatoms. The van der Waals surface area contributed by atoms with Crippen molar-refractivity contribution in [3.8, 4) is 17.0 Å². The SMILES string of the molecule is CCC(C)C(N)C(=O)Nc1nc(-c2ccccc2OC)cs1. The van der Waals surface area contributed by atoms with E-state index in [0.29, 0.717) is 5.13 Å². The molecule has 2 atom stereocenters. The van der Waals surface area contributed by atoms with Gasteiger partial charge in [0.2, 0.25) is 5.91 Å². The number of rotatable bonds is 6. The lowest BCUT2D eigenvalue weighted by molar-refractivity contribution is -0.118. The number of thiazole rings is 1. The molecule has 0 radical (unpaired) electrons. The number of aromatic nitrogens is 1. The van der Waals surface area contributed by atoms with Crippen LogP contribution in [0.15, 0.2) is 29.6 Å². The molecule has 1 aromatic heterocycles. The van der Waals surface area contributed by atoms with E-state index < -0.39 is 6.04 Å². The summed E-state index contributed by atoms with van der Waals surface area (Å²) in [7, 11) is 1.62. The summed E-state index contributed by atoms with van der Waals surface area (Å²) >= 11 is 1.37. The largest absolute Gasteiger partial charge is 0.496 e. The number of benzene rings is 1. The molecule has 0 aliphatic carbocycles. The molecule has 118 valence electrons. The molecule has 1 amide bonds. The van der Waals surface area contributed by atoms with Crippen LogP contribution in [0.5, 0.6) is 5.75 Å². The standard InChI is InChI=1S/C16H21N3O2S/c1-4-10(2)14(17)15(20)19-16-18-12(9-22-16)11-7-5-6-8-13(11)21-3/h5-10,14H,4,17H2,1-3H3,(H,18,19,20). The van der Waals surface area contributed by atoms with Gasteiger partial charge in [0.1, 0.15) is 5.75 Å². The van der Waals surface area contributed by atoms with Crippen LogP contribution >= 0.6 is 11.3 Å². The van der Waals surface area contributed by atoms with E-state index in [4.69, 9.17) is 10.5 Å². The maximum absolute atomic E-state index is 12.1. The van der Waals surface area contributed by atoms with Gasteiger partial charge in [-0.1, -0.05) is 32.4 Å². The maximum atomic E-state index is 12.1. The van der Waals surface area contributed by atoms with E-state index in [-0.39, 0.29) is 11.8 Å². The normalized spacial score (nSPS) is 13.5. The smallest absolute Gasteiger partial charge is 0.243 e. The van der Waals surface area contributed by atoms with Gasteiger partial charge in [0, 0.05) is 10.9 Å². The van der Waals surface area contributed by atoms with Crippen LogP contribution in [0.25, 0.3) is 11.3 Å². The first-order valence-corrected chi connectivity index (χ1v) is 8.10. The third kappa shape index (κ3) is 3.64. The summed E-state index contributed by atoms with van der Waals surface area (Å²) in [5.41, 5.74) is 7.60. The molecular formula is C16H21N3O2S. The van der Waals surface area contributed by atoms with Gasteiger partial charge in [0.15, 0.2) is 5.13 Å². The van der Waals surface area contributed by atoms with Crippen molar-refractivity contribution in [2.45, 2.75) is 26.3 Å². The van der Waals surface area contributed by atoms with Crippen molar-refractivity contribution in [2.75, 3.05) is 12.4 Å². The Kier molecular flexibility index (Phi) is 5.51. The minimum Gasteiger partial charge on any atom is -0.496 e. The fourth-order valence-corrected chi connectivity index (χ4v) is 2.73. The molecule has 3 N–H and O–H groups in total. The first-order chi connectivity index (χ1) is 10.6. The van der Waals surface area contributed by atoms with Crippen LogP contribution in [-0.4, -0.2) is 24.0 Å². The van der Waals surface area contributed by atoms with Crippen LogP contribution in [0, 0.1) is 5.92 Å². The van der Waals surface area contributed by atoms with Crippen LogP contribution in [0.4, 0.5) is 5.13 Å². The van der Waals surface area contributed by atoms with Gasteiger partial charge >= 0.3 is 0 Å². The van der Waals surface area contributed by atoms with E-state index in [1.54, 1.807) is 7.11 Å². The summed E-state index contributed by atoms with van der Waals surface area (Å²) in [6, 6.07) is 7.12. The lowest BCUT2D eigenvalue weighted by atomic mass is 10.00. The van der Waals surface area contributed by atoms with E-state index in [1.165, 1.54) is 11.3 Å². The first kappa shape index (κ1) is 16.5. The molecular weight excluding hydrogens is 298 g/mol. The zero-order valence-electron chi connectivity index (χ0n) is 13.0. The van der Waals surface area contributed by atoms with Crippen molar-refractivity contribution >= 4 is 22.4 Å². The number of ether oxygens (including phenoxy) is 1. The number of methoxy groups -OCH3 is 1. The highest BCUT2D eigenvalue weighted by Gasteiger charge is 2.20. The van der Waals surface area contributed by atoms with Crippen LogP contribution in [0.1, 0.15) is 20.3 Å². The van der Waals surface area contributed by atoms with Crippen LogP contribution in [0.3, 0.4) is 0 Å². The Morgan fingerprint density at radius 2 is 2.18 bits per heavy atom. The van der Waals surface area contributed by atoms with Crippen LogP contribution in [-0.2, 0) is 4.79 Å². The Morgan fingerprint density at radius 3 is 2.86 bits per heavy atom. The number of carbonyl (C=O) groups excluding carboxylic acids is 1. The molecule has 2 unspecified atom stereocenters. The number of hydrogen-bond acceptors (Lipinski definition) is 5. The van der Waals surface area contributed by atoms with Gasteiger partial charge in [-0.05, 0) is 18.1 Å². The summed E-state index contributed by atoms with van der Waals surface area (Å²) < 4.78 is 5.33. The molecule has 0 bridgehead atoms. The maximum Gasteiger partial charge on any atom is 0.243 e. The number of para-hydroxylation sites is 1. The molecule has 1 aromatic carbocycles. The van der Waals surface area contributed by atoms with Gasteiger partial charge in [0.05, 0.1) is 18.8 Å². The monoisotopic (exact) mass is 319 g/mol. The number of anilines is 1. The number of nitrogens with one attached hydrogen (secondary N) is 1. The summed E-state index contributed by atoms with van der Waals surface area (Å²) in [4.78, 5) is 16.5. The molecule has 5 nitrogen and oxygen atoms in total. The quantitative estimate of drug-likeness (QED) is 0.857. The number of nitrogens with two attached hydrogens (primary N) is 1. The Hall–Kier alpha value is -1.92. The number of hydrogen-bond donors (Lipinski definition) is 2. The molecule has 1 heterocycles. The second-order valence-electron chi connectivity index (χ2n) is 5.14. The van der Waals surface area contributed by atoms with E-state index in [2.05, 4.69) is 10.3 Å². The van der Waals surface area contributed by atoms with Crippen molar-refractivity contribution in [1.29, 1.82) is 0 Å². The second-order valence-corrected chi connectivity index (χ2v) is 6.00. The highest BCUT2D eigenvalue weighted by molar-refractivity contribution is 7.14. The minimum atomic E-state index is -0.524. The van der Waals surface area contributed by atoms with Crippen molar-refractivity contribution in [3.05, 3.63) is 29.6 Å². The highest BCUT2D eigenvalue weighted by Crippen LogP contribution is 2.31. The van der Waals surface area contributed by atoms with Gasteiger partial charge in [0.25, 0.3) is 0 Å². The lowest BCUT2D eigenvalue weighted by Crippen LogP contribution is -2.40. The highest BCUT2D eigenvalue weighted by atomic mass is 32.1. The predicted molar refractivity (Wildman–Crippen MR) is 90.2 cm³/mol. The second kappa shape index (κ2) is 7.38. The van der Waals surface area contributed by atoms with Crippen LogP contribution in [0.2, 0.25) is 0 Å². The molecule has 2 aromatic rings. The van der Waals surface area contributed by atoms with Gasteiger partial charge in [-0.25, -0.2) is 4.98 Å². The topological polar surface area (TPSA) is 77.2 Å². The predicted octanol–water partition coefficient (Wildman–Crippen LogP) is 3.13. The van der Waals surface area contributed by atoms with Crippen molar-refractivity contribution in [3.63, 3.8) is 0 Å². The zero-order valence-corrected chi connectivity index (χ0v) is 13.8. The lowest BCUT2D eigenvalue weighted by Gasteiger charge is -2.16. The summed E-state index contributed by atoms with van der Waals surface area (Å²) in [6.07, 6.45) is 0.860. The third-order valence-electron chi connectivity index (χ3n) is 3.68. The fourth-order valence-electron chi connectivity index (χ4n) is 2.01. The van der Waals surface area contributed by atoms with E-state index in [0.717, 1.165) is 23.4 Å². The minimum absolute atomic E-state index is 0.133. The zero-order chi connectivity index (χ0) is 16.1. The molecule has 2 rings (SSSR count). The molecule has 0 aliphatic rings. The molecule has 0 aliphatic heterocycles. The van der Waals surface area contributed by atoms with Crippen molar-refractivity contribution in [1.82, 2.24) is 4.98 Å². The fraction of sp³-hybridized carbons (Fsp3) is 0.375. The van der Waals surface area contributed by atoms with Crippen molar-refractivity contribution < 1.29 is 9.53 Å². The van der Waals surface area contributed by atoms with Crippen LogP contribution < -0.4 is 15.8 Å². The van der Waals surface area contributed by atoms with Crippen molar-refractivity contribution in [2.24, 2.45) is 11.7 Å². The molecule has 0 spiro atoms. The molecule has 0 fully saturated rings. The average Bonchev–Trinajstić information content (AvgIpc) is 3.01. The molecule has 22 heavy (non-hydrogen) atoms. The number of amides is 1. The Labute approximate surface area is 134 Å². The van der Waals surface area contributed by atoms with E-state index in [1.807, 2.05) is 43.5 Å². The summed E-state index contributed by atoms with van der Waals surface area (Å²) in [5.74, 6) is 0.686. The Morgan fingerprint density at radius 1 is 1.45 bits per heavy atom. The molecule has 0 saturated carbocycles. The summed E-state index contributed by atoms with van der Waals surface area (Å²) in [6.45, 7) is 3.98. The van der Waals surface area contributed by atoms with Gasteiger partial charge < -0.3 is 15.8 Å². The average molecular weight is 319 g/mol. The summed E-state index contributed by atoms with van der Waals surface area (Å²) in [5, 5.41) is 5.22. The first-order valence-electron chi connectivity index (χ1n) is 7.22. The number of nitrogens with zero attached hydrogens (tertiary/aromatic N) is 1. The van der Waals surface area contributed by atoms with Gasteiger partial charge in [-0.3, -0.25) is 4.79 Å². The Bertz CT molecular complexity index is 642. The third-order valence-corrected chi connectivity index (χ3v) is 4.43. The Balaban J connectivity index is 2.13. The van der Waals surface area contributed by atoms with Gasteiger partial charge in [-0.15, -0.1) is 11.3 Å². The molecule has 0 saturated heterocycles. The van der Waals surface area contributed by atoms with E-state index in [9.17, 15) is 4.79 Å². The van der Waals surface area contributed by atoms with Gasteiger partial charge in [-0.2, -0.15) is 0 Å². The van der Waals surface area contributed by atoms with E-state index >= 15 is 0 Å².